The van der Waals surface area contributed by atoms with Crippen LogP contribution in [0.15, 0.2) is 0 Å². The lowest BCUT2D eigenvalue weighted by molar-refractivity contribution is 0.222. The highest BCUT2D eigenvalue weighted by molar-refractivity contribution is 7.16. The first kappa shape index (κ1) is 12.4. The highest BCUT2D eigenvalue weighted by atomic mass is 31.0. The molecule has 0 bridgehead atoms. The predicted octanol–water partition coefficient (Wildman–Crippen LogP) is 4.25. The Morgan fingerprint density at radius 3 is 1.75 bits per heavy atom. The van der Waals surface area contributed by atoms with Gasteiger partial charge in [-0.15, -0.1) is 9.24 Å². The molecule has 0 amide bonds. The fourth-order valence-electron chi connectivity index (χ4n) is 1.92. The van der Waals surface area contributed by atoms with Crippen LogP contribution in [-0.2, 0) is 0 Å². The quantitative estimate of drug-likeness (QED) is 0.414. The van der Waals surface area contributed by atoms with Crippen molar-refractivity contribution in [3.05, 3.63) is 0 Å². The van der Waals surface area contributed by atoms with E-state index in [4.69, 9.17) is 0 Å². The molecule has 0 radical (unpaired) electrons. The predicted molar refractivity (Wildman–Crippen MR) is 61.7 cm³/mol. The molecular formula is C11H25P. The zero-order valence-electron chi connectivity index (χ0n) is 9.03. The van der Waals surface area contributed by atoms with Gasteiger partial charge in [0.25, 0.3) is 0 Å². The first-order valence-electron chi connectivity index (χ1n) is 5.44. The van der Waals surface area contributed by atoms with Crippen LogP contribution in [0.1, 0.15) is 59.3 Å². The van der Waals surface area contributed by atoms with Gasteiger partial charge in [-0.2, -0.15) is 0 Å². The Morgan fingerprint density at radius 1 is 0.917 bits per heavy atom. The number of rotatable bonds is 7. The van der Waals surface area contributed by atoms with Crippen molar-refractivity contribution in [1.82, 2.24) is 0 Å². The SMILES string of the molecule is CCC(CC)(CC)CCCCP. The minimum Gasteiger partial charge on any atom is -0.138 e. The zero-order valence-corrected chi connectivity index (χ0v) is 10.2. The van der Waals surface area contributed by atoms with Crippen LogP contribution in [0, 0.1) is 5.41 Å². The Balaban J connectivity index is 3.76. The number of hydrogen-bond donors (Lipinski definition) is 0. The molecule has 0 fully saturated rings. The van der Waals surface area contributed by atoms with Gasteiger partial charge >= 0.3 is 0 Å². The van der Waals surface area contributed by atoms with Crippen molar-refractivity contribution in [1.29, 1.82) is 0 Å². The average molecular weight is 188 g/mol. The lowest BCUT2D eigenvalue weighted by Gasteiger charge is -2.30. The molecule has 0 spiro atoms. The minimum absolute atomic E-state index is 0.667. The molecule has 1 atom stereocenters. The highest BCUT2D eigenvalue weighted by Crippen LogP contribution is 2.35. The summed E-state index contributed by atoms with van der Waals surface area (Å²) in [5.74, 6) is 0. The molecule has 12 heavy (non-hydrogen) atoms. The van der Waals surface area contributed by atoms with Gasteiger partial charge in [0.05, 0.1) is 0 Å². The second-order valence-corrected chi connectivity index (χ2v) is 4.38. The minimum atomic E-state index is 0.667. The second-order valence-electron chi connectivity index (χ2n) is 3.81. The molecule has 0 rings (SSSR count). The zero-order chi connectivity index (χ0) is 9.45. The summed E-state index contributed by atoms with van der Waals surface area (Å²) in [6.45, 7) is 7.02. The maximum absolute atomic E-state index is 2.82. The third-order valence-electron chi connectivity index (χ3n) is 3.41. The summed E-state index contributed by atoms with van der Waals surface area (Å²) in [7, 11) is 2.82. The van der Waals surface area contributed by atoms with Gasteiger partial charge in [0.15, 0.2) is 0 Å². The van der Waals surface area contributed by atoms with Crippen molar-refractivity contribution in [2.45, 2.75) is 59.3 Å². The van der Waals surface area contributed by atoms with Crippen molar-refractivity contribution >= 4 is 9.24 Å². The molecule has 0 heterocycles. The summed E-state index contributed by atoms with van der Waals surface area (Å²) in [6, 6.07) is 0. The Bertz CT molecular complexity index is 86.9. The topological polar surface area (TPSA) is 0 Å². The van der Waals surface area contributed by atoms with Crippen molar-refractivity contribution in [3.8, 4) is 0 Å². The van der Waals surface area contributed by atoms with Crippen molar-refractivity contribution in [2.75, 3.05) is 6.16 Å². The smallest absolute Gasteiger partial charge is 0.0305 e. The average Bonchev–Trinajstić information content (AvgIpc) is 2.14. The Labute approximate surface area is 80.7 Å². The Hall–Kier alpha value is 0.430. The van der Waals surface area contributed by atoms with Gasteiger partial charge in [-0.3, -0.25) is 0 Å². The van der Waals surface area contributed by atoms with Crippen LogP contribution in [0.2, 0.25) is 0 Å². The number of unbranched alkanes of at least 4 members (excludes halogenated alkanes) is 1. The summed E-state index contributed by atoms with van der Waals surface area (Å²) in [4.78, 5) is 0. The van der Waals surface area contributed by atoms with E-state index in [0.717, 1.165) is 0 Å². The third-order valence-corrected chi connectivity index (χ3v) is 3.82. The Morgan fingerprint density at radius 2 is 1.42 bits per heavy atom. The first-order valence-corrected chi connectivity index (χ1v) is 6.26. The molecule has 0 saturated heterocycles. The van der Waals surface area contributed by atoms with Gasteiger partial charge in [-0.25, -0.2) is 0 Å². The van der Waals surface area contributed by atoms with Gasteiger partial charge in [0.2, 0.25) is 0 Å². The lowest BCUT2D eigenvalue weighted by Crippen LogP contribution is -2.17. The standard InChI is InChI=1S/C11H25P/c1-4-11(5-2,6-3)9-7-8-10-12/h4-10,12H2,1-3H3. The lowest BCUT2D eigenvalue weighted by atomic mass is 9.76. The normalized spacial score (nSPS) is 12.0. The molecule has 74 valence electrons. The van der Waals surface area contributed by atoms with E-state index in [1.807, 2.05) is 0 Å². The van der Waals surface area contributed by atoms with Crippen LogP contribution in [0.4, 0.5) is 0 Å². The van der Waals surface area contributed by atoms with E-state index < -0.39 is 0 Å². The molecule has 1 unspecified atom stereocenters. The molecule has 0 aliphatic carbocycles. The van der Waals surface area contributed by atoms with Gasteiger partial charge in [0.1, 0.15) is 0 Å². The van der Waals surface area contributed by atoms with Gasteiger partial charge < -0.3 is 0 Å². The maximum atomic E-state index is 2.82. The molecule has 1 heteroatoms. The maximum Gasteiger partial charge on any atom is -0.0305 e. The second kappa shape index (κ2) is 6.89. The Kier molecular flexibility index (Phi) is 7.14. The molecule has 0 aliphatic heterocycles. The third kappa shape index (κ3) is 3.90. The van der Waals surface area contributed by atoms with Gasteiger partial charge in [0, 0.05) is 0 Å². The van der Waals surface area contributed by atoms with Crippen LogP contribution in [0.5, 0.6) is 0 Å². The van der Waals surface area contributed by atoms with Crippen molar-refractivity contribution in [3.63, 3.8) is 0 Å². The number of hydrogen-bond acceptors (Lipinski definition) is 0. The monoisotopic (exact) mass is 188 g/mol. The molecule has 0 aromatic rings. The molecular weight excluding hydrogens is 163 g/mol. The summed E-state index contributed by atoms with van der Waals surface area (Å²) in [5, 5.41) is 0. The van der Waals surface area contributed by atoms with E-state index in [9.17, 15) is 0 Å². The molecule has 0 saturated carbocycles. The van der Waals surface area contributed by atoms with Gasteiger partial charge in [-0.05, 0) is 24.4 Å². The van der Waals surface area contributed by atoms with Crippen molar-refractivity contribution in [2.24, 2.45) is 5.41 Å². The van der Waals surface area contributed by atoms with Crippen LogP contribution < -0.4 is 0 Å². The van der Waals surface area contributed by atoms with Crippen LogP contribution in [-0.4, -0.2) is 6.16 Å². The largest absolute Gasteiger partial charge is 0.138 e. The molecule has 0 aromatic carbocycles. The van der Waals surface area contributed by atoms with Crippen LogP contribution in [0.3, 0.4) is 0 Å². The molecule has 0 nitrogen and oxygen atoms in total. The van der Waals surface area contributed by atoms with E-state index >= 15 is 0 Å². The van der Waals surface area contributed by atoms with E-state index in [1.54, 1.807) is 0 Å². The summed E-state index contributed by atoms with van der Waals surface area (Å²) in [5.41, 5.74) is 0.667. The fourth-order valence-corrected chi connectivity index (χ4v) is 2.21. The molecule has 0 aliphatic rings. The van der Waals surface area contributed by atoms with E-state index in [1.165, 1.54) is 44.7 Å². The van der Waals surface area contributed by atoms with Gasteiger partial charge in [-0.1, -0.05) is 46.5 Å². The molecule has 0 N–H and O–H groups in total. The van der Waals surface area contributed by atoms with Crippen LogP contribution in [0.25, 0.3) is 0 Å². The van der Waals surface area contributed by atoms with E-state index in [2.05, 4.69) is 30.0 Å². The highest BCUT2D eigenvalue weighted by Gasteiger charge is 2.22. The van der Waals surface area contributed by atoms with E-state index in [0.29, 0.717) is 5.41 Å². The summed E-state index contributed by atoms with van der Waals surface area (Å²) in [6.07, 6.45) is 9.58. The fraction of sp³-hybridized carbons (Fsp3) is 1.00. The summed E-state index contributed by atoms with van der Waals surface area (Å²) < 4.78 is 0. The van der Waals surface area contributed by atoms with E-state index in [-0.39, 0.29) is 0 Å². The van der Waals surface area contributed by atoms with Crippen molar-refractivity contribution < 1.29 is 0 Å². The van der Waals surface area contributed by atoms with Crippen LogP contribution >= 0.6 is 9.24 Å². The first-order chi connectivity index (χ1) is 5.74. The molecule has 0 aromatic heterocycles. The summed E-state index contributed by atoms with van der Waals surface area (Å²) >= 11 is 0.